The number of halogens is 1. The van der Waals surface area contributed by atoms with Crippen molar-refractivity contribution in [2.24, 2.45) is 0 Å². The Morgan fingerprint density at radius 1 is 1.12 bits per heavy atom. The molecule has 2 aromatic carbocycles. The Morgan fingerprint density at radius 2 is 1.80 bits per heavy atom. The summed E-state index contributed by atoms with van der Waals surface area (Å²) < 4.78 is 29.5. The smallest absolute Gasteiger partial charge is 0.160 e. The molecular formula is C20H23FO4. The highest BCUT2D eigenvalue weighted by atomic mass is 19.1. The fourth-order valence-corrected chi connectivity index (χ4v) is 2.37. The van der Waals surface area contributed by atoms with Crippen molar-refractivity contribution in [1.29, 1.82) is 0 Å². The Kier molecular flexibility index (Phi) is 6.95. The molecule has 0 bridgehead atoms. The first-order chi connectivity index (χ1) is 12.0. The van der Waals surface area contributed by atoms with Crippen LogP contribution in [0.3, 0.4) is 0 Å². The Bertz CT molecular complexity index is 697. The van der Waals surface area contributed by atoms with Gasteiger partial charge in [0.2, 0.25) is 0 Å². The van der Waals surface area contributed by atoms with Crippen LogP contribution in [0.15, 0.2) is 42.5 Å². The van der Waals surface area contributed by atoms with Gasteiger partial charge in [0.25, 0.3) is 0 Å². The number of hydrogen-bond acceptors (Lipinski definition) is 4. The molecule has 25 heavy (non-hydrogen) atoms. The molecule has 2 rings (SSSR count). The molecule has 0 aliphatic rings. The minimum atomic E-state index is -0.259. The molecule has 0 aliphatic heterocycles. The minimum absolute atomic E-state index is 0.0618. The van der Waals surface area contributed by atoms with Crippen LogP contribution in [0.25, 0.3) is 0 Å². The third-order valence-corrected chi connectivity index (χ3v) is 3.60. The van der Waals surface area contributed by atoms with Crippen LogP contribution in [0.4, 0.5) is 4.39 Å². The van der Waals surface area contributed by atoms with Crippen molar-refractivity contribution in [3.8, 4) is 11.5 Å². The number of methoxy groups -OCH3 is 1. The average Bonchev–Trinajstić information content (AvgIpc) is 2.56. The lowest BCUT2D eigenvalue weighted by Gasteiger charge is -2.16. The predicted octanol–water partition coefficient (Wildman–Crippen LogP) is 4.06. The molecule has 0 heterocycles. The summed E-state index contributed by atoms with van der Waals surface area (Å²) in [6.07, 6.45) is 0.500. The molecule has 134 valence electrons. The van der Waals surface area contributed by atoms with E-state index in [4.69, 9.17) is 14.2 Å². The SMILES string of the molecule is COC[C@H](C)Oc1cc(OCCc2ccc(F)cc2)cc(C(C)=O)c1. The van der Waals surface area contributed by atoms with E-state index in [2.05, 4.69) is 0 Å². The fourth-order valence-electron chi connectivity index (χ4n) is 2.37. The van der Waals surface area contributed by atoms with Crippen molar-refractivity contribution in [1.82, 2.24) is 0 Å². The van der Waals surface area contributed by atoms with Gasteiger partial charge in [0.1, 0.15) is 23.4 Å². The zero-order valence-electron chi connectivity index (χ0n) is 14.8. The molecule has 0 N–H and O–H groups in total. The van der Waals surface area contributed by atoms with Crippen LogP contribution < -0.4 is 9.47 Å². The van der Waals surface area contributed by atoms with Crippen molar-refractivity contribution < 1.29 is 23.4 Å². The summed E-state index contributed by atoms with van der Waals surface area (Å²) in [7, 11) is 1.61. The summed E-state index contributed by atoms with van der Waals surface area (Å²) >= 11 is 0. The monoisotopic (exact) mass is 346 g/mol. The van der Waals surface area contributed by atoms with Gasteiger partial charge in [-0.2, -0.15) is 0 Å². The maximum atomic E-state index is 12.9. The molecule has 0 saturated heterocycles. The summed E-state index contributed by atoms with van der Waals surface area (Å²) in [6.45, 7) is 4.25. The van der Waals surface area contributed by atoms with Crippen molar-refractivity contribution in [2.45, 2.75) is 26.4 Å². The molecule has 4 nitrogen and oxygen atoms in total. The number of hydrogen-bond donors (Lipinski definition) is 0. The van der Waals surface area contributed by atoms with E-state index in [1.54, 1.807) is 37.4 Å². The van der Waals surface area contributed by atoms with Crippen LogP contribution in [0.5, 0.6) is 11.5 Å². The topological polar surface area (TPSA) is 44.8 Å². The van der Waals surface area contributed by atoms with Crippen LogP contribution in [-0.2, 0) is 11.2 Å². The molecule has 1 atom stereocenters. The van der Waals surface area contributed by atoms with Gasteiger partial charge in [0, 0.05) is 25.2 Å². The summed E-state index contributed by atoms with van der Waals surface area (Å²) in [5, 5.41) is 0. The quantitative estimate of drug-likeness (QED) is 0.642. The van der Waals surface area contributed by atoms with Crippen LogP contribution in [0, 0.1) is 5.82 Å². The van der Waals surface area contributed by atoms with Crippen LogP contribution in [-0.4, -0.2) is 32.2 Å². The summed E-state index contributed by atoms with van der Waals surface area (Å²) in [5.74, 6) is 0.808. The molecular weight excluding hydrogens is 323 g/mol. The molecule has 0 radical (unpaired) electrons. The third kappa shape index (κ3) is 6.19. The number of ketones is 1. The number of ether oxygens (including phenoxy) is 3. The van der Waals surface area contributed by atoms with Gasteiger partial charge in [0.15, 0.2) is 5.78 Å². The second-order valence-electron chi connectivity index (χ2n) is 5.86. The molecule has 0 amide bonds. The summed E-state index contributed by atoms with van der Waals surface area (Å²) in [5.41, 5.74) is 1.51. The molecule has 0 saturated carbocycles. The normalized spacial score (nSPS) is 11.8. The van der Waals surface area contributed by atoms with Gasteiger partial charge >= 0.3 is 0 Å². The Hall–Kier alpha value is -2.40. The lowest BCUT2D eigenvalue weighted by Crippen LogP contribution is -2.18. The maximum absolute atomic E-state index is 12.9. The highest BCUT2D eigenvalue weighted by Gasteiger charge is 2.10. The van der Waals surface area contributed by atoms with E-state index in [-0.39, 0.29) is 17.7 Å². The van der Waals surface area contributed by atoms with Gasteiger partial charge in [-0.25, -0.2) is 4.39 Å². The van der Waals surface area contributed by atoms with Gasteiger partial charge in [-0.05, 0) is 43.7 Å². The van der Waals surface area contributed by atoms with Gasteiger partial charge in [-0.15, -0.1) is 0 Å². The zero-order chi connectivity index (χ0) is 18.2. The number of benzene rings is 2. The van der Waals surface area contributed by atoms with Gasteiger partial charge in [0.05, 0.1) is 13.2 Å². The van der Waals surface area contributed by atoms with E-state index in [9.17, 15) is 9.18 Å². The zero-order valence-corrected chi connectivity index (χ0v) is 14.8. The largest absolute Gasteiger partial charge is 0.493 e. The number of carbonyl (C=O) groups excluding carboxylic acids is 1. The van der Waals surface area contributed by atoms with Crippen LogP contribution in [0.1, 0.15) is 29.8 Å². The Morgan fingerprint density at radius 3 is 2.44 bits per heavy atom. The molecule has 0 aromatic heterocycles. The van der Waals surface area contributed by atoms with Gasteiger partial charge < -0.3 is 14.2 Å². The van der Waals surface area contributed by atoms with E-state index in [1.807, 2.05) is 6.92 Å². The van der Waals surface area contributed by atoms with E-state index in [0.29, 0.717) is 36.7 Å². The first-order valence-electron chi connectivity index (χ1n) is 8.17. The average molecular weight is 346 g/mol. The molecule has 0 aliphatic carbocycles. The van der Waals surface area contributed by atoms with E-state index in [1.165, 1.54) is 19.1 Å². The minimum Gasteiger partial charge on any atom is -0.493 e. The molecule has 0 unspecified atom stereocenters. The second-order valence-corrected chi connectivity index (χ2v) is 5.86. The highest BCUT2D eigenvalue weighted by molar-refractivity contribution is 5.94. The number of rotatable bonds is 9. The van der Waals surface area contributed by atoms with E-state index < -0.39 is 0 Å². The summed E-state index contributed by atoms with van der Waals surface area (Å²) in [4.78, 5) is 11.7. The fraction of sp³-hybridized carbons (Fsp3) is 0.350. The first kappa shape index (κ1) is 18.9. The standard InChI is InChI=1S/C20H23FO4/c1-14(13-23-3)25-20-11-17(15(2)22)10-19(12-20)24-9-8-16-4-6-18(21)7-5-16/h4-7,10-12,14H,8-9,13H2,1-3H3/t14-/m0/s1. The first-order valence-corrected chi connectivity index (χ1v) is 8.17. The predicted molar refractivity (Wildman–Crippen MR) is 94.0 cm³/mol. The van der Waals surface area contributed by atoms with Crippen molar-refractivity contribution in [3.63, 3.8) is 0 Å². The van der Waals surface area contributed by atoms with Gasteiger partial charge in [-0.1, -0.05) is 12.1 Å². The maximum Gasteiger partial charge on any atom is 0.160 e. The van der Waals surface area contributed by atoms with Crippen molar-refractivity contribution >= 4 is 5.78 Å². The molecule has 5 heteroatoms. The number of Topliss-reactive ketones (excluding diaryl/α,β-unsaturated/α-hetero) is 1. The van der Waals surface area contributed by atoms with E-state index in [0.717, 1.165) is 5.56 Å². The van der Waals surface area contributed by atoms with Crippen LogP contribution in [0.2, 0.25) is 0 Å². The number of carbonyl (C=O) groups is 1. The molecule has 0 fully saturated rings. The highest BCUT2D eigenvalue weighted by Crippen LogP contribution is 2.24. The van der Waals surface area contributed by atoms with Crippen molar-refractivity contribution in [3.05, 3.63) is 59.4 Å². The summed E-state index contributed by atoms with van der Waals surface area (Å²) in [6, 6.07) is 11.5. The Balaban J connectivity index is 2.03. The van der Waals surface area contributed by atoms with Crippen LogP contribution >= 0.6 is 0 Å². The van der Waals surface area contributed by atoms with E-state index >= 15 is 0 Å². The lowest BCUT2D eigenvalue weighted by molar-refractivity contribution is 0.0914. The Labute approximate surface area is 147 Å². The van der Waals surface area contributed by atoms with Crippen molar-refractivity contribution in [2.75, 3.05) is 20.3 Å². The molecule has 0 spiro atoms. The molecule has 2 aromatic rings. The third-order valence-electron chi connectivity index (χ3n) is 3.60. The van der Waals surface area contributed by atoms with Gasteiger partial charge in [-0.3, -0.25) is 4.79 Å². The lowest BCUT2D eigenvalue weighted by atomic mass is 10.1. The second kappa shape index (κ2) is 9.18.